The van der Waals surface area contributed by atoms with Crippen molar-refractivity contribution in [3.8, 4) is 11.5 Å². The summed E-state index contributed by atoms with van der Waals surface area (Å²) in [6, 6.07) is 6.46. The minimum absolute atomic E-state index is 0.0371. The van der Waals surface area contributed by atoms with Gasteiger partial charge in [0.05, 0.1) is 52.5 Å². The number of hydrogen-bond donors (Lipinski definition) is 3. The fourth-order valence-corrected chi connectivity index (χ4v) is 7.58. The third-order valence-corrected chi connectivity index (χ3v) is 11.3. The Morgan fingerprint density at radius 1 is 0.864 bits per heavy atom. The number of Topliss-reactive ketones (excluding diaryl/α,β-unsaturated/α-hetero) is 2. The number of carbonyl (C=O) groups is 6. The SMILES string of the molecule is COC1C=COC2(C)Oc3c(C)c(OC(=O)c4ccc(C)cc4)c4c(c3C2=O)C(=O)C=C(NC(=O)C(C)=CC=CC(C)C(O)C(C)C(O)C(C)C(OC(C)=O)C1C)C4=O. The number of carbonyl (C=O) groups excluding carboxylic acids is 6. The number of methoxy groups -OCH3 is 1. The number of aryl methyl sites for hydroxylation is 1. The molecular formula is C45H51NO13. The first kappa shape index (κ1) is 44.4. The lowest BCUT2D eigenvalue weighted by Crippen LogP contribution is -2.46. The van der Waals surface area contributed by atoms with Gasteiger partial charge in [-0.05, 0) is 39.0 Å². The predicted molar refractivity (Wildman–Crippen MR) is 214 cm³/mol. The maximum Gasteiger partial charge on any atom is 0.343 e. The molecule has 5 bridgehead atoms. The van der Waals surface area contributed by atoms with Crippen LogP contribution in [0.1, 0.15) is 101 Å². The second-order valence-electron chi connectivity index (χ2n) is 15.6. The molecule has 1 amide bonds. The Balaban J connectivity index is 1.65. The Bertz CT molecular complexity index is 2180. The quantitative estimate of drug-likeness (QED) is 0.260. The Hall–Kier alpha value is -5.70. The van der Waals surface area contributed by atoms with Crippen LogP contribution >= 0.6 is 0 Å². The molecule has 59 heavy (non-hydrogen) atoms. The van der Waals surface area contributed by atoms with Crippen molar-refractivity contribution in [3.05, 3.63) is 106 Å². The topological polar surface area (TPSA) is 201 Å². The van der Waals surface area contributed by atoms with Crippen molar-refractivity contribution < 1.29 is 62.7 Å². The van der Waals surface area contributed by atoms with E-state index in [4.69, 9.17) is 23.7 Å². The van der Waals surface area contributed by atoms with Gasteiger partial charge in [0.2, 0.25) is 5.78 Å². The van der Waals surface area contributed by atoms with Gasteiger partial charge >= 0.3 is 17.7 Å². The first-order chi connectivity index (χ1) is 27.7. The first-order valence-electron chi connectivity index (χ1n) is 19.3. The Labute approximate surface area is 342 Å². The molecule has 0 spiro atoms. The van der Waals surface area contributed by atoms with E-state index in [1.165, 1.54) is 59.1 Å². The van der Waals surface area contributed by atoms with Gasteiger partial charge in [-0.3, -0.25) is 24.0 Å². The molecular weight excluding hydrogens is 762 g/mol. The van der Waals surface area contributed by atoms with Crippen molar-refractivity contribution in [2.24, 2.45) is 23.7 Å². The van der Waals surface area contributed by atoms with Crippen LogP contribution in [0.2, 0.25) is 0 Å². The summed E-state index contributed by atoms with van der Waals surface area (Å²) in [7, 11) is 1.42. The lowest BCUT2D eigenvalue weighted by molar-refractivity contribution is -0.160. The molecule has 14 heteroatoms. The molecule has 9 atom stereocenters. The van der Waals surface area contributed by atoms with E-state index in [9.17, 15) is 39.0 Å². The van der Waals surface area contributed by atoms with Gasteiger partial charge in [-0.1, -0.05) is 63.6 Å². The van der Waals surface area contributed by atoms with E-state index in [2.05, 4.69) is 5.32 Å². The van der Waals surface area contributed by atoms with E-state index in [0.29, 0.717) is 0 Å². The molecule has 0 fully saturated rings. The summed E-state index contributed by atoms with van der Waals surface area (Å²) in [6.07, 6.45) is 4.19. The number of rotatable bonds is 4. The van der Waals surface area contributed by atoms with E-state index in [0.717, 1.165) is 17.9 Å². The summed E-state index contributed by atoms with van der Waals surface area (Å²) >= 11 is 0. The molecule has 0 saturated heterocycles. The highest BCUT2D eigenvalue weighted by Gasteiger charge is 2.52. The van der Waals surface area contributed by atoms with Gasteiger partial charge in [0, 0.05) is 61.8 Å². The van der Waals surface area contributed by atoms with Gasteiger partial charge in [-0.25, -0.2) is 4.79 Å². The smallest absolute Gasteiger partial charge is 0.343 e. The molecule has 4 aliphatic rings. The highest BCUT2D eigenvalue weighted by atomic mass is 16.7. The van der Waals surface area contributed by atoms with Crippen molar-refractivity contribution >= 4 is 35.2 Å². The van der Waals surface area contributed by atoms with Crippen LogP contribution in [0.4, 0.5) is 0 Å². The standard InChI is InChI=1S/C45H51NO13/c1-21-14-16-29(17-15-21)44(54)58-40-27(7)41-35-33-31(48)20-30(38(51)34(33)40)46-43(53)23(3)13-11-12-22(2)36(49)25(5)37(50)26(6)39(57-28(8)47)24(4)32(55-10)18-19-56-45(9,59-41)42(35)52/h11-20,22,24-26,32,36-37,39,49-50H,1-10H3,(H,46,53). The fraction of sp³-hybridized carbons (Fsp3) is 0.422. The predicted octanol–water partition coefficient (Wildman–Crippen LogP) is 5.45. The fourth-order valence-electron chi connectivity index (χ4n) is 7.58. The third-order valence-electron chi connectivity index (χ3n) is 11.3. The largest absolute Gasteiger partial charge is 0.462 e. The van der Waals surface area contributed by atoms with Gasteiger partial charge in [-0.15, -0.1) is 0 Å². The van der Waals surface area contributed by atoms with E-state index in [-0.39, 0.29) is 33.8 Å². The van der Waals surface area contributed by atoms with Gasteiger partial charge in [-0.2, -0.15) is 0 Å². The average Bonchev–Trinajstić information content (AvgIpc) is 3.46. The number of hydrogen-bond acceptors (Lipinski definition) is 13. The normalized spacial score (nSPS) is 28.9. The Morgan fingerprint density at radius 2 is 1.53 bits per heavy atom. The summed E-state index contributed by atoms with van der Waals surface area (Å²) in [5.74, 6) is -9.94. The number of allylic oxidation sites excluding steroid dienone is 4. The highest BCUT2D eigenvalue weighted by molar-refractivity contribution is 6.31. The number of aliphatic hydroxyl groups is 2. The molecule has 14 nitrogen and oxygen atoms in total. The van der Waals surface area contributed by atoms with Crippen molar-refractivity contribution in [2.75, 3.05) is 7.11 Å². The molecule has 2 aromatic rings. The molecule has 3 N–H and O–H groups in total. The van der Waals surface area contributed by atoms with Gasteiger partial charge in [0.1, 0.15) is 17.6 Å². The Morgan fingerprint density at radius 3 is 2.15 bits per heavy atom. The second-order valence-corrected chi connectivity index (χ2v) is 15.6. The van der Waals surface area contributed by atoms with Crippen LogP contribution in [0.3, 0.4) is 0 Å². The summed E-state index contributed by atoms with van der Waals surface area (Å²) in [5, 5.41) is 25.2. The number of aliphatic hydroxyl groups excluding tert-OH is 2. The van der Waals surface area contributed by atoms with Gasteiger partial charge < -0.3 is 39.2 Å². The van der Waals surface area contributed by atoms with E-state index < -0.39 is 106 Å². The van der Waals surface area contributed by atoms with Gasteiger partial charge in [0.15, 0.2) is 5.78 Å². The Kier molecular flexibility index (Phi) is 13.3. The molecule has 0 saturated carbocycles. The van der Waals surface area contributed by atoms with Crippen molar-refractivity contribution in [1.29, 1.82) is 0 Å². The second kappa shape index (κ2) is 17.7. The number of esters is 2. The summed E-state index contributed by atoms with van der Waals surface area (Å²) in [4.78, 5) is 82.0. The minimum Gasteiger partial charge on any atom is -0.462 e. The van der Waals surface area contributed by atoms with Crippen LogP contribution in [-0.4, -0.2) is 82.7 Å². The van der Waals surface area contributed by atoms with Gasteiger partial charge in [0.25, 0.3) is 11.7 Å². The first-order valence-corrected chi connectivity index (χ1v) is 19.3. The van der Waals surface area contributed by atoms with Crippen LogP contribution < -0.4 is 14.8 Å². The maximum absolute atomic E-state index is 14.3. The van der Waals surface area contributed by atoms with Crippen LogP contribution in [-0.2, 0) is 23.8 Å². The highest BCUT2D eigenvalue weighted by Crippen LogP contribution is 2.48. The molecule has 2 aromatic carbocycles. The number of amides is 1. The van der Waals surface area contributed by atoms with Crippen LogP contribution in [0.15, 0.2) is 72.2 Å². The summed E-state index contributed by atoms with van der Waals surface area (Å²) in [6.45, 7) is 14.2. The zero-order valence-corrected chi connectivity index (χ0v) is 34.8. The van der Waals surface area contributed by atoms with E-state index >= 15 is 0 Å². The van der Waals surface area contributed by atoms with Crippen LogP contribution in [0.25, 0.3) is 0 Å². The van der Waals surface area contributed by atoms with E-state index in [1.807, 2.05) is 6.92 Å². The number of nitrogens with one attached hydrogen (secondary N) is 1. The minimum atomic E-state index is -2.11. The molecule has 3 aliphatic heterocycles. The maximum atomic E-state index is 14.3. The molecule has 0 aromatic heterocycles. The molecule has 314 valence electrons. The van der Waals surface area contributed by atoms with Crippen LogP contribution in [0, 0.1) is 37.5 Å². The van der Waals surface area contributed by atoms with Crippen molar-refractivity contribution in [2.45, 2.75) is 92.5 Å². The molecule has 1 aliphatic carbocycles. The zero-order chi connectivity index (χ0) is 43.7. The summed E-state index contributed by atoms with van der Waals surface area (Å²) < 4.78 is 29.4. The lowest BCUT2D eigenvalue weighted by atomic mass is 9.78. The van der Waals surface area contributed by atoms with E-state index in [1.54, 1.807) is 52.0 Å². The van der Waals surface area contributed by atoms with Crippen molar-refractivity contribution in [3.63, 3.8) is 0 Å². The lowest BCUT2D eigenvalue weighted by Gasteiger charge is -2.38. The zero-order valence-electron chi connectivity index (χ0n) is 34.8. The number of fused-ring (bicyclic) bond motifs is 14. The number of benzene rings is 2. The summed E-state index contributed by atoms with van der Waals surface area (Å²) in [5.41, 5.74) is -0.342. The number of ketones is 3. The number of ether oxygens (including phenoxy) is 5. The average molecular weight is 814 g/mol. The molecule has 3 heterocycles. The van der Waals surface area contributed by atoms with Crippen molar-refractivity contribution in [1.82, 2.24) is 5.32 Å². The molecule has 6 rings (SSSR count). The molecule has 9 unspecified atom stereocenters. The monoisotopic (exact) mass is 813 g/mol. The third kappa shape index (κ3) is 8.85. The van der Waals surface area contributed by atoms with Crippen LogP contribution in [0.5, 0.6) is 11.5 Å². The molecule has 0 radical (unpaired) electrons.